The van der Waals surface area contributed by atoms with Crippen molar-refractivity contribution in [3.63, 3.8) is 0 Å². The number of hydrazone groups is 2. The van der Waals surface area contributed by atoms with Gasteiger partial charge >= 0.3 is 0 Å². The van der Waals surface area contributed by atoms with Gasteiger partial charge in [-0.25, -0.2) is 0 Å². The molecule has 9 heteroatoms. The lowest BCUT2D eigenvalue weighted by atomic mass is 10.0. The van der Waals surface area contributed by atoms with Crippen LogP contribution in [0.25, 0.3) is 22.3 Å². The van der Waals surface area contributed by atoms with Crippen LogP contribution in [-0.4, -0.2) is 35.7 Å². The Labute approximate surface area is 379 Å². The van der Waals surface area contributed by atoms with E-state index in [2.05, 4.69) is 36.4 Å². The second-order valence-corrected chi connectivity index (χ2v) is 18.2. The first-order chi connectivity index (χ1) is 30.9. The number of thioether (sulfide) groups is 2. The standard InChI is InChI=1S/C54H38N4O2S3/c1-57(35-15-5-3-6-16-35)55-51-43-21-11-9-19-41(43)49-45(51)23-13-25-47(49)53(59)62-39-31-27-37(28-32-39)61-38-29-33-40(34-30-38)63-54(60)48-26-14-24-46-50(48)42-20-10-12-22-44(42)52(46)56-58(2)36-17-7-4-8-18-36/h3-34H,1-2H3. The lowest BCUT2D eigenvalue weighted by molar-refractivity contribution is 0.108. The van der Waals surface area contributed by atoms with Crippen molar-refractivity contribution in [2.24, 2.45) is 10.2 Å². The Bertz CT molecular complexity index is 2890. The summed E-state index contributed by atoms with van der Waals surface area (Å²) in [6.45, 7) is 0. The highest BCUT2D eigenvalue weighted by atomic mass is 32.2. The molecule has 10 rings (SSSR count). The minimum atomic E-state index is -0.0174. The number of rotatable bonds is 10. The van der Waals surface area contributed by atoms with Gasteiger partial charge in [-0.05, 0) is 120 Å². The molecule has 0 saturated heterocycles. The van der Waals surface area contributed by atoms with Gasteiger partial charge in [-0.15, -0.1) is 0 Å². The fourth-order valence-electron chi connectivity index (χ4n) is 8.06. The molecule has 8 aromatic rings. The molecule has 0 amide bonds. The van der Waals surface area contributed by atoms with Gasteiger partial charge in [0.15, 0.2) is 0 Å². The fraction of sp³-hybridized carbons (Fsp3) is 0.0370. The Morgan fingerprint density at radius 2 is 0.698 bits per heavy atom. The van der Waals surface area contributed by atoms with Gasteiger partial charge in [0.2, 0.25) is 10.2 Å². The van der Waals surface area contributed by atoms with Gasteiger partial charge in [0, 0.05) is 78.2 Å². The molecule has 2 aliphatic rings. The average Bonchev–Trinajstić information content (AvgIpc) is 3.82. The first kappa shape index (κ1) is 40.2. The van der Waals surface area contributed by atoms with Gasteiger partial charge in [0.1, 0.15) is 0 Å². The zero-order valence-corrected chi connectivity index (χ0v) is 36.8. The van der Waals surface area contributed by atoms with E-state index in [1.165, 1.54) is 23.5 Å². The normalized spacial score (nSPS) is 13.3. The Balaban J connectivity index is 0.817. The first-order valence-electron chi connectivity index (χ1n) is 20.4. The first-order valence-corrected chi connectivity index (χ1v) is 22.9. The van der Waals surface area contributed by atoms with Crippen molar-refractivity contribution >= 4 is 68.3 Å². The van der Waals surface area contributed by atoms with Crippen LogP contribution in [-0.2, 0) is 0 Å². The Hall–Kier alpha value is -6.91. The van der Waals surface area contributed by atoms with E-state index in [4.69, 9.17) is 10.2 Å². The van der Waals surface area contributed by atoms with Gasteiger partial charge in [-0.3, -0.25) is 19.6 Å². The average molecular weight is 871 g/mol. The summed E-state index contributed by atoms with van der Waals surface area (Å²) >= 11 is 4.10. The molecular formula is C54H38N4O2S3. The topological polar surface area (TPSA) is 65.3 Å². The number of benzene rings is 8. The quantitative estimate of drug-likeness (QED) is 0.100. The molecule has 6 nitrogen and oxygen atoms in total. The summed E-state index contributed by atoms with van der Waals surface area (Å²) in [6.07, 6.45) is 0. The third kappa shape index (κ3) is 8.03. The van der Waals surface area contributed by atoms with Crippen LogP contribution >= 0.6 is 35.3 Å². The highest BCUT2D eigenvalue weighted by Crippen LogP contribution is 2.44. The lowest BCUT2D eigenvalue weighted by Gasteiger charge is -2.15. The molecule has 0 aromatic heterocycles. The maximum Gasteiger partial charge on any atom is 0.224 e. The van der Waals surface area contributed by atoms with Crippen molar-refractivity contribution in [2.45, 2.75) is 19.6 Å². The number of carbonyl (C=O) groups excluding carboxylic acids is 2. The van der Waals surface area contributed by atoms with Gasteiger partial charge in [-0.1, -0.05) is 121 Å². The Kier molecular flexibility index (Phi) is 11.1. The van der Waals surface area contributed by atoms with Crippen LogP contribution in [0.1, 0.15) is 43.0 Å². The number of hydrogen-bond donors (Lipinski definition) is 0. The molecule has 0 heterocycles. The van der Waals surface area contributed by atoms with Crippen molar-refractivity contribution in [1.29, 1.82) is 0 Å². The van der Waals surface area contributed by atoms with E-state index < -0.39 is 0 Å². The highest BCUT2D eigenvalue weighted by molar-refractivity contribution is 8.14. The van der Waals surface area contributed by atoms with Crippen LogP contribution in [0.2, 0.25) is 0 Å². The van der Waals surface area contributed by atoms with Crippen molar-refractivity contribution in [2.75, 3.05) is 24.1 Å². The van der Waals surface area contributed by atoms with Crippen LogP contribution in [0.4, 0.5) is 11.4 Å². The van der Waals surface area contributed by atoms with Gasteiger partial charge in [0.25, 0.3) is 0 Å². The predicted molar refractivity (Wildman–Crippen MR) is 262 cm³/mol. The fourth-order valence-corrected chi connectivity index (χ4v) is 10.4. The van der Waals surface area contributed by atoms with Crippen molar-refractivity contribution in [3.8, 4) is 22.3 Å². The molecule has 2 aliphatic carbocycles. The SMILES string of the molecule is CN(N=C1c2ccccc2-c2c(C(=O)Sc3ccc(Sc4ccc(SC(=O)c5cccc6c5-c5ccccc5C6=NN(C)c5ccccc5)cc4)cc3)cccc21)c1ccccc1. The molecule has 63 heavy (non-hydrogen) atoms. The molecule has 0 atom stereocenters. The summed E-state index contributed by atoms with van der Waals surface area (Å²) in [7, 11) is 3.89. The van der Waals surface area contributed by atoms with Crippen LogP contribution in [0.3, 0.4) is 0 Å². The summed E-state index contributed by atoms with van der Waals surface area (Å²) < 4.78 is 0. The van der Waals surface area contributed by atoms with Crippen LogP contribution in [0.15, 0.2) is 224 Å². The Morgan fingerprint density at radius 3 is 1.10 bits per heavy atom. The second-order valence-electron chi connectivity index (χ2n) is 15.0. The lowest BCUT2D eigenvalue weighted by Crippen LogP contribution is -2.13. The number of hydrogen-bond acceptors (Lipinski definition) is 9. The molecule has 8 aromatic carbocycles. The monoisotopic (exact) mass is 870 g/mol. The summed E-state index contributed by atoms with van der Waals surface area (Å²) in [6, 6.07) is 64.4. The van der Waals surface area contributed by atoms with Crippen molar-refractivity contribution in [1.82, 2.24) is 0 Å². The summed E-state index contributed by atoms with van der Waals surface area (Å²) in [4.78, 5) is 31.8. The summed E-state index contributed by atoms with van der Waals surface area (Å²) in [5.74, 6) is 0. The van der Waals surface area contributed by atoms with E-state index >= 15 is 0 Å². The molecule has 0 radical (unpaired) electrons. The van der Waals surface area contributed by atoms with E-state index in [1.807, 2.05) is 182 Å². The van der Waals surface area contributed by atoms with E-state index in [0.717, 1.165) is 86.9 Å². The van der Waals surface area contributed by atoms with Gasteiger partial charge < -0.3 is 0 Å². The van der Waals surface area contributed by atoms with Crippen molar-refractivity contribution < 1.29 is 9.59 Å². The summed E-state index contributed by atoms with van der Waals surface area (Å²) in [5.41, 5.74) is 12.8. The van der Waals surface area contributed by atoms with Gasteiger partial charge in [0.05, 0.1) is 22.8 Å². The number of carbonyl (C=O) groups is 2. The molecule has 0 bridgehead atoms. The third-order valence-corrected chi connectivity index (χ3v) is 13.9. The predicted octanol–water partition coefficient (Wildman–Crippen LogP) is 13.4. The third-order valence-electron chi connectivity index (χ3n) is 11.0. The maximum atomic E-state index is 14.0. The molecule has 0 saturated carbocycles. The van der Waals surface area contributed by atoms with E-state index in [1.54, 1.807) is 11.8 Å². The molecule has 0 N–H and O–H groups in total. The number of nitrogens with zero attached hydrogens (tertiary/aromatic N) is 4. The van der Waals surface area contributed by atoms with E-state index in [-0.39, 0.29) is 10.2 Å². The Morgan fingerprint density at radius 1 is 0.365 bits per heavy atom. The second kappa shape index (κ2) is 17.5. The summed E-state index contributed by atoms with van der Waals surface area (Å²) in [5, 5.41) is 13.8. The largest absolute Gasteiger partial charge is 0.281 e. The minimum absolute atomic E-state index is 0.0174. The maximum absolute atomic E-state index is 14.0. The molecule has 0 spiro atoms. The molecule has 0 aliphatic heterocycles. The molecule has 0 fully saturated rings. The number of anilines is 2. The van der Waals surface area contributed by atoms with Crippen LogP contribution < -0.4 is 10.0 Å². The van der Waals surface area contributed by atoms with E-state index in [0.29, 0.717) is 11.1 Å². The number of para-hydroxylation sites is 2. The van der Waals surface area contributed by atoms with Crippen LogP contribution in [0, 0.1) is 0 Å². The molecule has 0 unspecified atom stereocenters. The highest BCUT2D eigenvalue weighted by Gasteiger charge is 2.31. The van der Waals surface area contributed by atoms with Crippen LogP contribution in [0.5, 0.6) is 0 Å². The zero-order chi connectivity index (χ0) is 42.9. The van der Waals surface area contributed by atoms with Crippen molar-refractivity contribution in [3.05, 3.63) is 228 Å². The van der Waals surface area contributed by atoms with E-state index in [9.17, 15) is 9.59 Å². The smallest absolute Gasteiger partial charge is 0.224 e. The number of fused-ring (bicyclic) bond motifs is 6. The minimum Gasteiger partial charge on any atom is -0.281 e. The van der Waals surface area contributed by atoms with Gasteiger partial charge in [-0.2, -0.15) is 10.2 Å². The molecular weight excluding hydrogens is 833 g/mol. The zero-order valence-electron chi connectivity index (χ0n) is 34.3. The molecule has 304 valence electrons.